The molecule has 40 heavy (non-hydrogen) atoms. The van der Waals surface area contributed by atoms with Gasteiger partial charge in [-0.3, -0.25) is 19.3 Å². The monoisotopic (exact) mass is 553 g/mol. The minimum absolute atomic E-state index is 0.00323. The van der Waals surface area contributed by atoms with Crippen LogP contribution in [-0.2, 0) is 14.3 Å². The largest absolute Gasteiger partial charge is 0.444 e. The van der Waals surface area contributed by atoms with E-state index in [1.807, 2.05) is 39.8 Å². The van der Waals surface area contributed by atoms with E-state index in [-0.39, 0.29) is 54.5 Å². The molecule has 4 amide bonds. The van der Waals surface area contributed by atoms with Gasteiger partial charge < -0.3 is 24.8 Å². The zero-order valence-corrected chi connectivity index (χ0v) is 24.7. The Kier molecular flexibility index (Phi) is 7.35. The maximum atomic E-state index is 13.8. The van der Waals surface area contributed by atoms with Gasteiger partial charge in [0.2, 0.25) is 11.8 Å². The maximum absolute atomic E-state index is 13.8. The number of hydrogen-bond acceptors (Lipinski definition) is 6. The van der Waals surface area contributed by atoms with Crippen molar-refractivity contribution in [2.24, 2.45) is 5.92 Å². The highest BCUT2D eigenvalue weighted by Crippen LogP contribution is 2.48. The Morgan fingerprint density at radius 3 is 2.48 bits per heavy atom. The SMILES string of the molecule is CC1C[C@H]2CC2N1C(=O)C(CN1C[C@@H]2CC1C(=O)N2[C@@H](C)c1cccc(C(=O)N(C)C)c1)NC(=O)OC(C)(C)C. The first-order chi connectivity index (χ1) is 18.7. The second kappa shape index (κ2) is 10.4. The van der Waals surface area contributed by atoms with Crippen molar-refractivity contribution in [3.8, 4) is 0 Å². The predicted octanol–water partition coefficient (Wildman–Crippen LogP) is 2.64. The number of carbonyl (C=O) groups excluding carboxylic acids is 4. The molecule has 1 saturated carbocycles. The molecule has 0 radical (unpaired) electrons. The van der Waals surface area contributed by atoms with Crippen molar-refractivity contribution >= 4 is 23.8 Å². The molecule has 1 aromatic carbocycles. The number of nitrogens with zero attached hydrogens (tertiary/aromatic N) is 4. The van der Waals surface area contributed by atoms with Crippen molar-refractivity contribution in [3.63, 3.8) is 0 Å². The van der Waals surface area contributed by atoms with E-state index in [9.17, 15) is 19.2 Å². The van der Waals surface area contributed by atoms with Crippen molar-refractivity contribution in [3.05, 3.63) is 35.4 Å². The van der Waals surface area contributed by atoms with E-state index in [2.05, 4.69) is 12.2 Å². The molecule has 7 atom stereocenters. The summed E-state index contributed by atoms with van der Waals surface area (Å²) in [5.41, 5.74) is 0.826. The lowest BCUT2D eigenvalue weighted by atomic mass is 10.0. The minimum atomic E-state index is -0.789. The van der Waals surface area contributed by atoms with E-state index < -0.39 is 17.7 Å². The fraction of sp³-hybridized carbons (Fsp3) is 0.667. The van der Waals surface area contributed by atoms with Crippen LogP contribution in [0.3, 0.4) is 0 Å². The summed E-state index contributed by atoms with van der Waals surface area (Å²) >= 11 is 0. The van der Waals surface area contributed by atoms with Crippen LogP contribution in [-0.4, -0.2) is 106 Å². The Bertz CT molecular complexity index is 1190. The van der Waals surface area contributed by atoms with Crippen LogP contribution in [0.2, 0.25) is 0 Å². The average Bonchev–Trinajstić information content (AvgIpc) is 3.20. The molecule has 1 N–H and O–H groups in total. The third kappa shape index (κ3) is 5.42. The summed E-state index contributed by atoms with van der Waals surface area (Å²) in [6.07, 6.45) is 2.08. The first-order valence-corrected chi connectivity index (χ1v) is 14.4. The highest BCUT2D eigenvalue weighted by Gasteiger charge is 2.55. The molecule has 4 aliphatic rings. The molecule has 3 aliphatic heterocycles. The predicted molar refractivity (Wildman–Crippen MR) is 149 cm³/mol. The number of likely N-dealkylation sites (tertiary alicyclic amines) is 3. The van der Waals surface area contributed by atoms with Crippen molar-refractivity contribution in [2.75, 3.05) is 27.2 Å². The summed E-state index contributed by atoms with van der Waals surface area (Å²) in [6, 6.07) is 6.54. The van der Waals surface area contributed by atoms with Gasteiger partial charge in [0.25, 0.3) is 5.91 Å². The van der Waals surface area contributed by atoms with Crippen LogP contribution in [0.25, 0.3) is 0 Å². The van der Waals surface area contributed by atoms with E-state index >= 15 is 0 Å². The summed E-state index contributed by atoms with van der Waals surface area (Å²) < 4.78 is 5.49. The third-order valence-corrected chi connectivity index (χ3v) is 8.78. The van der Waals surface area contributed by atoms with Crippen LogP contribution in [0.15, 0.2) is 24.3 Å². The number of ether oxygens (including phenoxy) is 1. The molecule has 4 fully saturated rings. The number of nitrogens with one attached hydrogen (secondary N) is 1. The summed E-state index contributed by atoms with van der Waals surface area (Å²) in [4.78, 5) is 60.1. The first kappa shape index (κ1) is 28.4. The van der Waals surface area contributed by atoms with Crippen molar-refractivity contribution in [1.29, 1.82) is 0 Å². The molecule has 3 saturated heterocycles. The number of alkyl carbamates (subject to hydrolysis) is 1. The van der Waals surface area contributed by atoms with Gasteiger partial charge in [0.05, 0.1) is 12.1 Å². The molecule has 1 aromatic rings. The molecule has 218 valence electrons. The summed E-state index contributed by atoms with van der Waals surface area (Å²) in [7, 11) is 3.44. The van der Waals surface area contributed by atoms with E-state index in [0.717, 1.165) is 18.4 Å². The Labute approximate surface area is 237 Å². The van der Waals surface area contributed by atoms with Gasteiger partial charge in [-0.05, 0) is 77.5 Å². The van der Waals surface area contributed by atoms with Crippen LogP contribution in [0.5, 0.6) is 0 Å². The lowest BCUT2D eigenvalue weighted by molar-refractivity contribution is -0.141. The first-order valence-electron chi connectivity index (χ1n) is 14.4. The number of piperazine rings is 1. The van der Waals surface area contributed by atoms with E-state index in [0.29, 0.717) is 24.4 Å². The fourth-order valence-corrected chi connectivity index (χ4v) is 6.88. The molecule has 1 aliphatic carbocycles. The Hall–Kier alpha value is -3.14. The highest BCUT2D eigenvalue weighted by atomic mass is 16.6. The summed E-state index contributed by atoms with van der Waals surface area (Å²) in [5, 5.41) is 2.84. The normalized spacial score (nSPS) is 28.8. The van der Waals surface area contributed by atoms with Crippen LogP contribution < -0.4 is 5.32 Å². The molecule has 0 aromatic heterocycles. The number of fused-ring (bicyclic) bond motifs is 3. The van der Waals surface area contributed by atoms with E-state index in [4.69, 9.17) is 4.74 Å². The molecule has 10 heteroatoms. The molecule has 0 spiro atoms. The van der Waals surface area contributed by atoms with Gasteiger partial charge in [-0.25, -0.2) is 4.79 Å². The van der Waals surface area contributed by atoms with Gasteiger partial charge in [0, 0.05) is 50.9 Å². The van der Waals surface area contributed by atoms with Crippen molar-refractivity contribution in [1.82, 2.24) is 24.9 Å². The van der Waals surface area contributed by atoms with Crippen molar-refractivity contribution < 1.29 is 23.9 Å². The Balaban J connectivity index is 1.29. The highest BCUT2D eigenvalue weighted by molar-refractivity contribution is 5.94. The second-order valence-corrected chi connectivity index (χ2v) is 13.2. The zero-order chi connectivity index (χ0) is 29.1. The topological polar surface area (TPSA) is 103 Å². The molecule has 4 unspecified atom stereocenters. The minimum Gasteiger partial charge on any atom is -0.444 e. The Morgan fingerprint density at radius 2 is 1.88 bits per heavy atom. The number of carbonyl (C=O) groups is 4. The summed E-state index contributed by atoms with van der Waals surface area (Å²) in [6.45, 7) is 10.3. The van der Waals surface area contributed by atoms with Gasteiger partial charge in [0.1, 0.15) is 11.6 Å². The smallest absolute Gasteiger partial charge is 0.408 e. The summed E-state index contributed by atoms with van der Waals surface area (Å²) in [5.74, 6) is 0.416. The third-order valence-electron chi connectivity index (χ3n) is 8.78. The number of rotatable bonds is 7. The van der Waals surface area contributed by atoms with Crippen LogP contribution in [0.1, 0.15) is 75.8 Å². The second-order valence-electron chi connectivity index (χ2n) is 13.2. The van der Waals surface area contributed by atoms with Gasteiger partial charge in [0.15, 0.2) is 0 Å². The van der Waals surface area contributed by atoms with Crippen LogP contribution in [0.4, 0.5) is 4.79 Å². The lowest BCUT2D eigenvalue weighted by Crippen LogP contribution is -2.59. The molecule has 3 heterocycles. The molecule has 5 rings (SSSR count). The van der Waals surface area contributed by atoms with Crippen LogP contribution >= 0.6 is 0 Å². The standard InChI is InChI=1S/C30H43N5O5/c1-17-11-21-13-24(21)34(17)27(37)23(31-29(39)40-30(3,4)5)16-33-15-22-14-25(33)28(38)35(22)18(2)19-9-8-10-20(12-19)26(36)32(6)7/h8-10,12,17-18,21-25H,11,13-16H2,1-7H3,(H,31,39)/t17?,18-,21-,22-,23?,24?,25?/m0/s1. The number of amides is 4. The van der Waals surface area contributed by atoms with Crippen LogP contribution in [0, 0.1) is 5.92 Å². The molecule has 10 nitrogen and oxygen atoms in total. The van der Waals surface area contributed by atoms with Gasteiger partial charge in [-0.15, -0.1) is 0 Å². The number of benzene rings is 1. The van der Waals surface area contributed by atoms with E-state index in [1.165, 1.54) is 0 Å². The maximum Gasteiger partial charge on any atom is 0.408 e. The number of hydrogen-bond donors (Lipinski definition) is 1. The van der Waals surface area contributed by atoms with Gasteiger partial charge >= 0.3 is 6.09 Å². The molecular weight excluding hydrogens is 510 g/mol. The fourth-order valence-electron chi connectivity index (χ4n) is 6.88. The quantitative estimate of drug-likeness (QED) is 0.557. The molecule has 2 bridgehead atoms. The van der Waals surface area contributed by atoms with Crippen molar-refractivity contribution in [2.45, 2.75) is 95.7 Å². The zero-order valence-electron chi connectivity index (χ0n) is 24.7. The molecular formula is C30H43N5O5. The Morgan fingerprint density at radius 1 is 1.15 bits per heavy atom. The number of piperidine rings is 1. The van der Waals surface area contributed by atoms with E-state index in [1.54, 1.807) is 45.8 Å². The lowest BCUT2D eigenvalue weighted by Gasteiger charge is -2.39. The average molecular weight is 554 g/mol. The van der Waals surface area contributed by atoms with Gasteiger partial charge in [-0.1, -0.05) is 12.1 Å². The van der Waals surface area contributed by atoms with Gasteiger partial charge in [-0.2, -0.15) is 0 Å².